The minimum Gasteiger partial charge on any atom is -0.458 e. The quantitative estimate of drug-likeness (QED) is 0.409. The number of carbonyl (C=O) groups excluding carboxylic acids is 1. The molecule has 1 unspecified atom stereocenters. The van der Waals surface area contributed by atoms with Crippen LogP contribution in [0.2, 0.25) is 0 Å². The van der Waals surface area contributed by atoms with Gasteiger partial charge in [-0.1, -0.05) is 6.08 Å². The lowest BCUT2D eigenvalue weighted by Gasteiger charge is -2.10. The lowest BCUT2D eigenvalue weighted by molar-refractivity contribution is -0.144. The Hall–Kier alpha value is -0.790. The Labute approximate surface area is 60.9 Å². The molecule has 0 heterocycles. The molecule has 0 aromatic carbocycles. The molecule has 1 aliphatic rings. The first-order valence-corrected chi connectivity index (χ1v) is 3.54. The van der Waals surface area contributed by atoms with E-state index >= 15 is 0 Å². The van der Waals surface area contributed by atoms with Crippen LogP contribution in [0.25, 0.3) is 0 Å². The Morgan fingerprint density at radius 2 is 2.50 bits per heavy atom. The maximum atomic E-state index is 10.5. The first-order chi connectivity index (χ1) is 4.70. The van der Waals surface area contributed by atoms with Crippen molar-refractivity contribution in [3.8, 4) is 0 Å². The van der Waals surface area contributed by atoms with Crippen LogP contribution < -0.4 is 0 Å². The van der Waals surface area contributed by atoms with Gasteiger partial charge in [-0.25, -0.2) is 0 Å². The molecule has 0 saturated carbocycles. The van der Waals surface area contributed by atoms with Crippen molar-refractivity contribution < 1.29 is 9.53 Å². The molecule has 2 nitrogen and oxygen atoms in total. The van der Waals surface area contributed by atoms with E-state index in [1.165, 1.54) is 12.5 Å². The molecule has 0 saturated heterocycles. The fourth-order valence-electron chi connectivity index (χ4n) is 1.17. The summed E-state index contributed by atoms with van der Waals surface area (Å²) in [6, 6.07) is 0. The monoisotopic (exact) mass is 140 g/mol. The summed E-state index contributed by atoms with van der Waals surface area (Å²) in [6.07, 6.45) is 4.19. The van der Waals surface area contributed by atoms with Crippen molar-refractivity contribution in [1.82, 2.24) is 0 Å². The molecule has 0 spiro atoms. The maximum absolute atomic E-state index is 10.5. The van der Waals surface area contributed by atoms with Crippen LogP contribution in [0.1, 0.15) is 26.7 Å². The second kappa shape index (κ2) is 2.86. The summed E-state index contributed by atoms with van der Waals surface area (Å²) in [7, 11) is 0. The lowest BCUT2D eigenvalue weighted by Crippen LogP contribution is -2.13. The van der Waals surface area contributed by atoms with Gasteiger partial charge in [0.15, 0.2) is 0 Å². The molecule has 0 aromatic rings. The number of hydrogen-bond acceptors (Lipinski definition) is 2. The van der Waals surface area contributed by atoms with Gasteiger partial charge in [0.25, 0.3) is 0 Å². The van der Waals surface area contributed by atoms with E-state index in [4.69, 9.17) is 4.74 Å². The first kappa shape index (κ1) is 7.32. The molecule has 0 fully saturated rings. The van der Waals surface area contributed by atoms with Crippen LogP contribution in [-0.4, -0.2) is 12.1 Å². The minimum absolute atomic E-state index is 0.0671. The maximum Gasteiger partial charge on any atom is 0.303 e. The second-order valence-corrected chi connectivity index (χ2v) is 2.62. The molecule has 0 amide bonds. The number of ether oxygens (including phenoxy) is 1. The largest absolute Gasteiger partial charge is 0.458 e. The standard InChI is InChI=1S/C8H12O2/c1-6-4-3-5-8(6)10-7(2)9/h4,8H,3,5H2,1-2H3. The van der Waals surface area contributed by atoms with E-state index in [9.17, 15) is 4.79 Å². The van der Waals surface area contributed by atoms with Gasteiger partial charge in [0, 0.05) is 6.92 Å². The van der Waals surface area contributed by atoms with E-state index < -0.39 is 0 Å². The first-order valence-electron chi connectivity index (χ1n) is 3.54. The second-order valence-electron chi connectivity index (χ2n) is 2.62. The molecular formula is C8H12O2. The van der Waals surface area contributed by atoms with Gasteiger partial charge in [-0.3, -0.25) is 4.79 Å². The van der Waals surface area contributed by atoms with Crippen LogP contribution in [-0.2, 0) is 9.53 Å². The van der Waals surface area contributed by atoms with Gasteiger partial charge in [0.05, 0.1) is 0 Å². The number of allylic oxidation sites excluding steroid dienone is 1. The van der Waals surface area contributed by atoms with Crippen molar-refractivity contribution in [2.75, 3.05) is 0 Å². The summed E-state index contributed by atoms with van der Waals surface area (Å²) < 4.78 is 5.02. The summed E-state index contributed by atoms with van der Waals surface area (Å²) in [6.45, 7) is 3.45. The van der Waals surface area contributed by atoms with Crippen LogP contribution in [0.3, 0.4) is 0 Å². The number of carbonyl (C=O) groups is 1. The van der Waals surface area contributed by atoms with E-state index in [2.05, 4.69) is 6.08 Å². The third-order valence-electron chi connectivity index (χ3n) is 1.71. The van der Waals surface area contributed by atoms with Crippen molar-refractivity contribution >= 4 is 5.97 Å². The van der Waals surface area contributed by atoms with Crippen LogP contribution in [0.4, 0.5) is 0 Å². The van der Waals surface area contributed by atoms with Gasteiger partial charge in [-0.15, -0.1) is 0 Å². The van der Waals surface area contributed by atoms with E-state index in [1.807, 2.05) is 6.92 Å². The highest BCUT2D eigenvalue weighted by molar-refractivity contribution is 5.66. The smallest absolute Gasteiger partial charge is 0.303 e. The molecule has 1 atom stereocenters. The Balaban J connectivity index is 2.43. The predicted molar refractivity (Wildman–Crippen MR) is 38.5 cm³/mol. The van der Waals surface area contributed by atoms with Gasteiger partial charge >= 0.3 is 5.97 Å². The third-order valence-corrected chi connectivity index (χ3v) is 1.71. The summed E-state index contributed by atoms with van der Waals surface area (Å²) in [5.41, 5.74) is 1.19. The van der Waals surface area contributed by atoms with E-state index in [0.29, 0.717) is 0 Å². The minimum atomic E-state index is -0.181. The van der Waals surface area contributed by atoms with Gasteiger partial charge < -0.3 is 4.74 Å². The van der Waals surface area contributed by atoms with E-state index in [-0.39, 0.29) is 12.1 Å². The highest BCUT2D eigenvalue weighted by atomic mass is 16.5. The van der Waals surface area contributed by atoms with Crippen molar-refractivity contribution in [2.24, 2.45) is 0 Å². The molecule has 2 heteroatoms. The zero-order valence-electron chi connectivity index (χ0n) is 6.39. The molecular weight excluding hydrogens is 128 g/mol. The molecule has 0 radical (unpaired) electrons. The molecule has 0 bridgehead atoms. The fraction of sp³-hybridized carbons (Fsp3) is 0.625. The van der Waals surface area contributed by atoms with Crippen LogP contribution in [0.5, 0.6) is 0 Å². The van der Waals surface area contributed by atoms with Gasteiger partial charge in [-0.2, -0.15) is 0 Å². The van der Waals surface area contributed by atoms with E-state index in [1.54, 1.807) is 0 Å². The third kappa shape index (κ3) is 1.59. The average molecular weight is 140 g/mol. The molecule has 0 N–H and O–H groups in total. The van der Waals surface area contributed by atoms with Crippen LogP contribution >= 0.6 is 0 Å². The molecule has 1 aliphatic carbocycles. The summed E-state index contributed by atoms with van der Waals surface area (Å²) >= 11 is 0. The van der Waals surface area contributed by atoms with Crippen molar-refractivity contribution in [1.29, 1.82) is 0 Å². The summed E-state index contributed by atoms with van der Waals surface area (Å²) in [5, 5.41) is 0. The molecule has 1 rings (SSSR count). The molecule has 0 aromatic heterocycles. The highest BCUT2D eigenvalue weighted by Crippen LogP contribution is 2.20. The SMILES string of the molecule is CC(=O)OC1CCC=C1C. The lowest BCUT2D eigenvalue weighted by atomic mass is 10.2. The summed E-state index contributed by atoms with van der Waals surface area (Å²) in [4.78, 5) is 10.5. The fourth-order valence-corrected chi connectivity index (χ4v) is 1.17. The Bertz CT molecular complexity index is 170. The predicted octanol–water partition coefficient (Wildman–Crippen LogP) is 1.66. The van der Waals surface area contributed by atoms with Crippen LogP contribution in [0, 0.1) is 0 Å². The Morgan fingerprint density at radius 1 is 1.80 bits per heavy atom. The van der Waals surface area contributed by atoms with Crippen molar-refractivity contribution in [3.05, 3.63) is 11.6 Å². The zero-order chi connectivity index (χ0) is 7.56. The van der Waals surface area contributed by atoms with Crippen molar-refractivity contribution in [2.45, 2.75) is 32.8 Å². The Morgan fingerprint density at radius 3 is 2.90 bits per heavy atom. The summed E-state index contributed by atoms with van der Waals surface area (Å²) in [5.74, 6) is -0.181. The number of esters is 1. The average Bonchev–Trinajstić information content (AvgIpc) is 2.15. The Kier molecular flexibility index (Phi) is 2.10. The zero-order valence-corrected chi connectivity index (χ0v) is 6.39. The number of rotatable bonds is 1. The highest BCUT2D eigenvalue weighted by Gasteiger charge is 2.17. The van der Waals surface area contributed by atoms with Gasteiger partial charge in [-0.05, 0) is 25.3 Å². The molecule has 10 heavy (non-hydrogen) atoms. The topological polar surface area (TPSA) is 26.3 Å². The number of hydrogen-bond donors (Lipinski definition) is 0. The van der Waals surface area contributed by atoms with Gasteiger partial charge in [0.1, 0.15) is 6.10 Å². The molecule has 56 valence electrons. The van der Waals surface area contributed by atoms with Crippen LogP contribution in [0.15, 0.2) is 11.6 Å². The van der Waals surface area contributed by atoms with Crippen molar-refractivity contribution in [3.63, 3.8) is 0 Å². The molecule has 0 aliphatic heterocycles. The van der Waals surface area contributed by atoms with E-state index in [0.717, 1.165) is 12.8 Å². The normalized spacial score (nSPS) is 24.2. The van der Waals surface area contributed by atoms with Gasteiger partial charge in [0.2, 0.25) is 0 Å².